The Bertz CT molecular complexity index is 314. The second kappa shape index (κ2) is 3.78. The number of rotatable bonds is 2. The average Bonchev–Trinajstić information content (AvgIpc) is 2.04. The van der Waals surface area contributed by atoms with Gasteiger partial charge in [-0.15, -0.1) is 11.8 Å². The van der Waals surface area contributed by atoms with Crippen LogP contribution in [0.25, 0.3) is 0 Å². The summed E-state index contributed by atoms with van der Waals surface area (Å²) in [5, 5.41) is 1.17. The molecule has 0 amide bonds. The van der Waals surface area contributed by atoms with E-state index in [1.807, 2.05) is 12.1 Å². The Morgan fingerprint density at radius 1 is 1.46 bits per heavy atom. The van der Waals surface area contributed by atoms with Crippen molar-refractivity contribution in [3.63, 3.8) is 0 Å². The lowest BCUT2D eigenvalue weighted by Crippen LogP contribution is -2.30. The van der Waals surface area contributed by atoms with Crippen LogP contribution in [0, 0.1) is 0 Å². The predicted octanol–water partition coefficient (Wildman–Crippen LogP) is 2.41. The van der Waals surface area contributed by atoms with Gasteiger partial charge in [0.2, 0.25) is 0 Å². The van der Waals surface area contributed by atoms with Crippen LogP contribution in [0.1, 0.15) is 0 Å². The molecule has 0 aliphatic carbocycles. The molecular formula is C9H10ClNOS. The second-order valence-electron chi connectivity index (χ2n) is 2.93. The van der Waals surface area contributed by atoms with E-state index in [1.54, 1.807) is 17.8 Å². The Balaban J connectivity index is 2.14. The van der Waals surface area contributed by atoms with Crippen molar-refractivity contribution in [2.45, 2.75) is 10.1 Å². The largest absolute Gasteiger partial charge is 0.397 e. The van der Waals surface area contributed by atoms with Crippen LogP contribution in [0.2, 0.25) is 5.02 Å². The molecule has 1 aromatic carbocycles. The minimum Gasteiger partial charge on any atom is -0.397 e. The van der Waals surface area contributed by atoms with Crippen molar-refractivity contribution in [3.05, 3.63) is 23.2 Å². The number of hydrogen-bond acceptors (Lipinski definition) is 3. The zero-order chi connectivity index (χ0) is 9.26. The molecule has 2 N–H and O–H groups in total. The summed E-state index contributed by atoms with van der Waals surface area (Å²) in [6, 6.07) is 5.71. The third-order valence-electron chi connectivity index (χ3n) is 1.91. The lowest BCUT2D eigenvalue weighted by Gasteiger charge is -2.25. The van der Waals surface area contributed by atoms with Gasteiger partial charge in [-0.1, -0.05) is 17.7 Å². The SMILES string of the molecule is Nc1c(Cl)cccc1SC1COC1. The standard InChI is InChI=1S/C9H10ClNOS/c10-7-2-1-3-8(9(7)11)13-6-4-12-5-6/h1-3,6H,4-5,11H2. The molecule has 13 heavy (non-hydrogen) atoms. The van der Waals surface area contributed by atoms with E-state index in [0.717, 1.165) is 18.1 Å². The average molecular weight is 216 g/mol. The van der Waals surface area contributed by atoms with Gasteiger partial charge in [0.15, 0.2) is 0 Å². The molecule has 1 aromatic rings. The van der Waals surface area contributed by atoms with Gasteiger partial charge >= 0.3 is 0 Å². The van der Waals surface area contributed by atoms with Crippen LogP contribution < -0.4 is 5.73 Å². The van der Waals surface area contributed by atoms with Crippen molar-refractivity contribution in [1.29, 1.82) is 0 Å². The summed E-state index contributed by atoms with van der Waals surface area (Å²) in [6.07, 6.45) is 0. The molecule has 1 aliphatic heterocycles. The molecule has 1 aliphatic rings. The first-order valence-corrected chi connectivity index (χ1v) is 5.31. The van der Waals surface area contributed by atoms with Crippen LogP contribution in [0.4, 0.5) is 5.69 Å². The van der Waals surface area contributed by atoms with Crippen molar-refractivity contribution in [2.75, 3.05) is 18.9 Å². The fourth-order valence-corrected chi connectivity index (χ4v) is 2.39. The van der Waals surface area contributed by atoms with Gasteiger partial charge in [-0.05, 0) is 12.1 Å². The van der Waals surface area contributed by atoms with E-state index in [2.05, 4.69) is 0 Å². The van der Waals surface area contributed by atoms with E-state index in [9.17, 15) is 0 Å². The summed E-state index contributed by atoms with van der Waals surface area (Å²) in [5.41, 5.74) is 6.50. The molecule has 70 valence electrons. The summed E-state index contributed by atoms with van der Waals surface area (Å²) in [4.78, 5) is 1.06. The van der Waals surface area contributed by atoms with E-state index in [-0.39, 0.29) is 0 Å². The van der Waals surface area contributed by atoms with E-state index in [0.29, 0.717) is 16.0 Å². The summed E-state index contributed by atoms with van der Waals surface area (Å²) >= 11 is 7.63. The maximum Gasteiger partial charge on any atom is 0.0646 e. The topological polar surface area (TPSA) is 35.2 Å². The predicted molar refractivity (Wildman–Crippen MR) is 56.3 cm³/mol. The zero-order valence-corrected chi connectivity index (χ0v) is 8.57. The zero-order valence-electron chi connectivity index (χ0n) is 7.00. The summed E-state index contributed by atoms with van der Waals surface area (Å²) in [6.45, 7) is 1.63. The maximum absolute atomic E-state index is 5.89. The number of thioether (sulfide) groups is 1. The van der Waals surface area contributed by atoms with Crippen molar-refractivity contribution < 1.29 is 4.74 Å². The van der Waals surface area contributed by atoms with E-state index >= 15 is 0 Å². The van der Waals surface area contributed by atoms with Gasteiger partial charge in [0.05, 0.1) is 29.2 Å². The highest BCUT2D eigenvalue weighted by atomic mass is 35.5. The molecule has 0 atom stereocenters. The quantitative estimate of drug-likeness (QED) is 0.770. The highest BCUT2D eigenvalue weighted by Crippen LogP contribution is 2.35. The van der Waals surface area contributed by atoms with Crippen LogP contribution in [0.15, 0.2) is 23.1 Å². The van der Waals surface area contributed by atoms with Crippen LogP contribution in [-0.4, -0.2) is 18.5 Å². The molecule has 1 saturated heterocycles. The summed E-state index contributed by atoms with van der Waals surface area (Å²) < 4.78 is 5.08. The molecule has 0 aromatic heterocycles. The Morgan fingerprint density at radius 2 is 2.23 bits per heavy atom. The lowest BCUT2D eigenvalue weighted by atomic mass is 10.3. The normalized spacial score (nSPS) is 17.0. The van der Waals surface area contributed by atoms with E-state index < -0.39 is 0 Å². The molecule has 0 spiro atoms. The third-order valence-corrected chi connectivity index (χ3v) is 3.46. The minimum absolute atomic E-state index is 0.542. The van der Waals surface area contributed by atoms with Crippen molar-refractivity contribution in [1.82, 2.24) is 0 Å². The number of nitrogen functional groups attached to an aromatic ring is 1. The van der Waals surface area contributed by atoms with Gasteiger partial charge in [0.25, 0.3) is 0 Å². The van der Waals surface area contributed by atoms with E-state index in [1.165, 1.54) is 0 Å². The lowest BCUT2D eigenvalue weighted by molar-refractivity contribution is 0.0455. The first-order chi connectivity index (χ1) is 6.27. The minimum atomic E-state index is 0.542. The van der Waals surface area contributed by atoms with Crippen LogP contribution in [0.5, 0.6) is 0 Å². The van der Waals surface area contributed by atoms with Gasteiger partial charge in [0.1, 0.15) is 0 Å². The number of nitrogens with two attached hydrogens (primary N) is 1. The first-order valence-electron chi connectivity index (χ1n) is 4.06. The summed E-state index contributed by atoms with van der Waals surface area (Å²) in [5.74, 6) is 0. The molecule has 0 radical (unpaired) electrons. The second-order valence-corrected chi connectivity index (χ2v) is 4.68. The van der Waals surface area contributed by atoms with Crippen molar-refractivity contribution in [3.8, 4) is 0 Å². The van der Waals surface area contributed by atoms with Gasteiger partial charge < -0.3 is 10.5 Å². The number of ether oxygens (including phenoxy) is 1. The monoisotopic (exact) mass is 215 g/mol. The molecule has 2 nitrogen and oxygen atoms in total. The highest BCUT2D eigenvalue weighted by Gasteiger charge is 2.20. The Morgan fingerprint density at radius 3 is 2.85 bits per heavy atom. The number of benzene rings is 1. The van der Waals surface area contributed by atoms with Crippen molar-refractivity contribution >= 4 is 29.1 Å². The summed E-state index contributed by atoms with van der Waals surface area (Å²) in [7, 11) is 0. The molecule has 4 heteroatoms. The highest BCUT2D eigenvalue weighted by molar-refractivity contribution is 8.00. The number of anilines is 1. The number of halogens is 1. The molecule has 2 rings (SSSR count). The molecule has 0 unspecified atom stereocenters. The Labute approximate surface area is 86.4 Å². The molecule has 0 saturated carbocycles. The van der Waals surface area contributed by atoms with Gasteiger partial charge in [-0.2, -0.15) is 0 Å². The third kappa shape index (κ3) is 1.93. The Hall–Kier alpha value is -0.380. The fourth-order valence-electron chi connectivity index (χ4n) is 1.08. The van der Waals surface area contributed by atoms with Crippen molar-refractivity contribution in [2.24, 2.45) is 0 Å². The molecule has 1 fully saturated rings. The molecular weight excluding hydrogens is 206 g/mol. The van der Waals surface area contributed by atoms with Gasteiger partial charge in [-0.25, -0.2) is 0 Å². The first kappa shape index (κ1) is 9.19. The molecule has 0 bridgehead atoms. The van der Waals surface area contributed by atoms with E-state index in [4.69, 9.17) is 22.1 Å². The van der Waals surface area contributed by atoms with Crippen LogP contribution in [0.3, 0.4) is 0 Å². The molecule has 1 heterocycles. The maximum atomic E-state index is 5.89. The van der Waals surface area contributed by atoms with Crippen LogP contribution in [-0.2, 0) is 4.74 Å². The fraction of sp³-hybridized carbons (Fsp3) is 0.333. The Kier molecular flexibility index (Phi) is 2.67. The smallest absolute Gasteiger partial charge is 0.0646 e. The number of hydrogen-bond donors (Lipinski definition) is 1. The van der Waals surface area contributed by atoms with Crippen LogP contribution >= 0.6 is 23.4 Å². The van der Waals surface area contributed by atoms with Gasteiger partial charge in [0, 0.05) is 4.90 Å². The van der Waals surface area contributed by atoms with Gasteiger partial charge in [-0.3, -0.25) is 0 Å². The number of para-hydroxylation sites is 1.